The van der Waals surface area contributed by atoms with Gasteiger partial charge in [0.15, 0.2) is 0 Å². The zero-order valence-electron chi connectivity index (χ0n) is 11.1. The van der Waals surface area contributed by atoms with Gasteiger partial charge < -0.3 is 9.88 Å². The van der Waals surface area contributed by atoms with Gasteiger partial charge in [-0.25, -0.2) is 0 Å². The van der Waals surface area contributed by atoms with Gasteiger partial charge in [-0.1, -0.05) is 6.07 Å². The predicted octanol–water partition coefficient (Wildman–Crippen LogP) is 3.10. The number of rotatable bonds is 4. The molecule has 2 rings (SSSR count). The Morgan fingerprint density at radius 2 is 1.82 bits per heavy atom. The van der Waals surface area contributed by atoms with Crippen LogP contribution in [0.3, 0.4) is 0 Å². The molecule has 0 spiro atoms. The molecule has 1 amide bonds. The third-order valence-corrected chi connectivity index (χ3v) is 3.32. The molecule has 0 aliphatic carbocycles. The number of benzene rings is 1. The first kappa shape index (κ1) is 16.2. The third-order valence-electron chi connectivity index (χ3n) is 2.58. The van der Waals surface area contributed by atoms with Crippen LogP contribution in [0.2, 0.25) is 0 Å². The molecule has 0 fully saturated rings. The summed E-state index contributed by atoms with van der Waals surface area (Å²) in [6.07, 6.45) is 1.48. The lowest BCUT2D eigenvalue weighted by atomic mass is 10.3. The van der Waals surface area contributed by atoms with Crippen LogP contribution >= 0.6 is 11.8 Å². The quantitative estimate of drug-likeness (QED) is 0.878. The van der Waals surface area contributed by atoms with Crippen molar-refractivity contribution < 1.29 is 18.0 Å². The Kier molecular flexibility index (Phi) is 4.92. The lowest BCUT2D eigenvalue weighted by Crippen LogP contribution is -2.26. The van der Waals surface area contributed by atoms with Crippen LogP contribution in [0.1, 0.15) is 0 Å². The van der Waals surface area contributed by atoms with Gasteiger partial charge in [-0.05, 0) is 42.1 Å². The number of carbonyl (C=O) groups excluding carboxylic acids is 1. The molecule has 0 saturated carbocycles. The van der Waals surface area contributed by atoms with E-state index in [0.717, 1.165) is 0 Å². The average Bonchev–Trinajstić information content (AvgIpc) is 2.42. The van der Waals surface area contributed by atoms with E-state index < -0.39 is 11.4 Å². The molecule has 22 heavy (non-hydrogen) atoms. The number of amides is 1. The molecule has 0 aliphatic heterocycles. The number of nitrogens with zero attached hydrogens (tertiary/aromatic N) is 1. The minimum absolute atomic E-state index is 0.0322. The summed E-state index contributed by atoms with van der Waals surface area (Å²) in [6.45, 7) is -0.168. The summed E-state index contributed by atoms with van der Waals surface area (Å²) in [5.41, 5.74) is -4.30. The minimum atomic E-state index is -4.35. The van der Waals surface area contributed by atoms with Crippen LogP contribution < -0.4 is 10.9 Å². The standard InChI is InChI=1S/C14H11F3N2O2S/c15-14(16,17)22-11-6-4-10(5-7-11)18-12(20)9-19-8-2-1-3-13(19)21/h1-8H,9H2,(H,18,20). The SMILES string of the molecule is O=C(Cn1ccccc1=O)Nc1ccc(SC(F)(F)F)cc1. The number of halogens is 3. The Morgan fingerprint density at radius 3 is 2.41 bits per heavy atom. The van der Waals surface area contributed by atoms with Gasteiger partial charge >= 0.3 is 5.51 Å². The molecule has 0 saturated heterocycles. The molecule has 1 aromatic carbocycles. The number of aromatic nitrogens is 1. The summed E-state index contributed by atoms with van der Waals surface area (Å²) in [7, 11) is 0. The van der Waals surface area contributed by atoms with Crippen molar-refractivity contribution >= 4 is 23.4 Å². The first-order valence-electron chi connectivity index (χ1n) is 6.15. The van der Waals surface area contributed by atoms with Crippen LogP contribution in [0, 0.1) is 0 Å². The van der Waals surface area contributed by atoms with E-state index in [-0.39, 0.29) is 28.8 Å². The van der Waals surface area contributed by atoms with E-state index in [1.807, 2.05) is 0 Å². The highest BCUT2D eigenvalue weighted by Crippen LogP contribution is 2.36. The van der Waals surface area contributed by atoms with Crippen LogP contribution in [-0.2, 0) is 11.3 Å². The minimum Gasteiger partial charge on any atom is -0.325 e. The zero-order valence-corrected chi connectivity index (χ0v) is 11.9. The smallest absolute Gasteiger partial charge is 0.325 e. The maximum Gasteiger partial charge on any atom is 0.446 e. The summed E-state index contributed by atoms with van der Waals surface area (Å²) in [5.74, 6) is -0.440. The van der Waals surface area contributed by atoms with E-state index in [2.05, 4.69) is 5.32 Å². The molecule has 1 aromatic heterocycles. The van der Waals surface area contributed by atoms with Gasteiger partial charge in [0, 0.05) is 22.8 Å². The van der Waals surface area contributed by atoms with Crippen molar-refractivity contribution in [2.75, 3.05) is 5.32 Å². The van der Waals surface area contributed by atoms with Gasteiger partial charge in [0.05, 0.1) is 0 Å². The summed E-state index contributed by atoms with van der Waals surface area (Å²) < 4.78 is 37.8. The number of thioether (sulfide) groups is 1. The fourth-order valence-electron chi connectivity index (χ4n) is 1.69. The molecule has 8 heteroatoms. The number of hydrogen-bond donors (Lipinski definition) is 1. The fourth-order valence-corrected chi connectivity index (χ4v) is 2.23. The normalized spacial score (nSPS) is 11.2. The van der Waals surface area contributed by atoms with Crippen molar-refractivity contribution in [3.8, 4) is 0 Å². The Labute approximate surface area is 128 Å². The second-order valence-electron chi connectivity index (χ2n) is 4.29. The molecule has 1 heterocycles. The summed E-state index contributed by atoms with van der Waals surface area (Å²) >= 11 is -0.225. The molecular weight excluding hydrogens is 317 g/mol. The first-order chi connectivity index (χ1) is 10.3. The van der Waals surface area contributed by atoms with Gasteiger partial charge in [0.25, 0.3) is 5.56 Å². The predicted molar refractivity (Wildman–Crippen MR) is 77.7 cm³/mol. The number of nitrogens with one attached hydrogen (secondary N) is 1. The molecule has 1 N–H and O–H groups in total. The topological polar surface area (TPSA) is 51.1 Å². The summed E-state index contributed by atoms with van der Waals surface area (Å²) in [4.78, 5) is 23.3. The van der Waals surface area contributed by atoms with Gasteiger partial charge in [0.1, 0.15) is 6.54 Å². The van der Waals surface area contributed by atoms with E-state index >= 15 is 0 Å². The van der Waals surface area contributed by atoms with Crippen molar-refractivity contribution in [3.05, 3.63) is 59.0 Å². The first-order valence-corrected chi connectivity index (χ1v) is 6.96. The number of pyridine rings is 1. The third kappa shape index (κ3) is 4.96. The lowest BCUT2D eigenvalue weighted by molar-refractivity contribution is -0.116. The van der Waals surface area contributed by atoms with Gasteiger partial charge in [-0.2, -0.15) is 13.2 Å². The van der Waals surface area contributed by atoms with E-state index in [9.17, 15) is 22.8 Å². The maximum atomic E-state index is 12.2. The molecular formula is C14H11F3N2O2S. The lowest BCUT2D eigenvalue weighted by Gasteiger charge is -2.09. The largest absolute Gasteiger partial charge is 0.446 e. The highest BCUT2D eigenvalue weighted by atomic mass is 32.2. The number of hydrogen-bond acceptors (Lipinski definition) is 3. The van der Waals surface area contributed by atoms with E-state index in [4.69, 9.17) is 0 Å². The molecule has 0 bridgehead atoms. The van der Waals surface area contributed by atoms with Crippen molar-refractivity contribution in [2.45, 2.75) is 16.9 Å². The fraction of sp³-hybridized carbons (Fsp3) is 0.143. The van der Waals surface area contributed by atoms with E-state index in [1.54, 1.807) is 12.1 Å². The number of carbonyl (C=O) groups is 1. The zero-order chi connectivity index (χ0) is 16.2. The maximum absolute atomic E-state index is 12.2. The van der Waals surface area contributed by atoms with E-state index in [1.165, 1.54) is 41.1 Å². The monoisotopic (exact) mass is 328 g/mol. The second kappa shape index (κ2) is 6.69. The highest BCUT2D eigenvalue weighted by Gasteiger charge is 2.28. The van der Waals surface area contributed by atoms with Crippen LogP contribution in [-0.4, -0.2) is 16.0 Å². The van der Waals surface area contributed by atoms with Crippen LogP contribution in [0.4, 0.5) is 18.9 Å². The van der Waals surface area contributed by atoms with Gasteiger partial charge in [-0.15, -0.1) is 0 Å². The van der Waals surface area contributed by atoms with Crippen molar-refractivity contribution in [1.29, 1.82) is 0 Å². The molecule has 0 atom stereocenters. The van der Waals surface area contributed by atoms with Gasteiger partial charge in [0.2, 0.25) is 5.91 Å². The van der Waals surface area contributed by atoms with Crippen LogP contribution in [0.15, 0.2) is 58.4 Å². The Morgan fingerprint density at radius 1 is 1.14 bits per heavy atom. The van der Waals surface area contributed by atoms with E-state index in [0.29, 0.717) is 5.69 Å². The Bertz CT molecular complexity index is 711. The number of anilines is 1. The van der Waals surface area contributed by atoms with Crippen molar-refractivity contribution in [2.24, 2.45) is 0 Å². The van der Waals surface area contributed by atoms with Crippen molar-refractivity contribution in [3.63, 3.8) is 0 Å². The molecule has 116 valence electrons. The summed E-state index contributed by atoms with van der Waals surface area (Å²) in [6, 6.07) is 9.80. The van der Waals surface area contributed by atoms with Crippen molar-refractivity contribution in [1.82, 2.24) is 4.57 Å². The highest BCUT2D eigenvalue weighted by molar-refractivity contribution is 8.00. The second-order valence-corrected chi connectivity index (χ2v) is 5.43. The molecule has 0 aliphatic rings. The van der Waals surface area contributed by atoms with Crippen LogP contribution in [0.5, 0.6) is 0 Å². The van der Waals surface area contributed by atoms with Crippen LogP contribution in [0.25, 0.3) is 0 Å². The molecule has 2 aromatic rings. The summed E-state index contributed by atoms with van der Waals surface area (Å²) in [5, 5.41) is 2.52. The molecule has 0 unspecified atom stereocenters. The molecule has 0 radical (unpaired) electrons. The Hall–Kier alpha value is -2.22. The molecule has 4 nitrogen and oxygen atoms in total. The number of alkyl halides is 3. The Balaban J connectivity index is 1.97. The average molecular weight is 328 g/mol. The van der Waals surface area contributed by atoms with Gasteiger partial charge in [-0.3, -0.25) is 9.59 Å².